The van der Waals surface area contributed by atoms with E-state index in [1.165, 1.54) is 11.3 Å². The normalized spacial score (nSPS) is 11.5. The number of carbonyl (C=O) groups excluding carboxylic acids is 1. The van der Waals surface area contributed by atoms with Crippen molar-refractivity contribution in [2.24, 2.45) is 0 Å². The van der Waals surface area contributed by atoms with E-state index in [-0.39, 0.29) is 18.4 Å². The maximum absolute atomic E-state index is 12.4. The standard InChI is InChI=1S/C23H23N3O3S/c1-4-28-16(3)23-25-18(14-30-23)12-22(27)26-21-10-9-20(11-15(21)2)29-19-7-5-17(13-24)6-8-19/h5-11,14,16H,4,12H2,1-3H3,(H,26,27)/t16-/m1/s1. The minimum atomic E-state index is -0.125. The fraction of sp³-hybridized carbons (Fsp3) is 0.261. The van der Waals surface area contributed by atoms with E-state index in [2.05, 4.69) is 16.4 Å². The van der Waals surface area contributed by atoms with Crippen LogP contribution in [0.3, 0.4) is 0 Å². The smallest absolute Gasteiger partial charge is 0.230 e. The number of nitrogens with zero attached hydrogens (tertiary/aromatic N) is 2. The number of aromatic nitrogens is 1. The van der Waals surface area contributed by atoms with E-state index in [9.17, 15) is 4.79 Å². The molecule has 30 heavy (non-hydrogen) atoms. The summed E-state index contributed by atoms with van der Waals surface area (Å²) in [7, 11) is 0. The van der Waals surface area contributed by atoms with E-state index < -0.39 is 0 Å². The average Bonchev–Trinajstić information content (AvgIpc) is 3.19. The minimum Gasteiger partial charge on any atom is -0.457 e. The molecule has 0 radical (unpaired) electrons. The fourth-order valence-electron chi connectivity index (χ4n) is 2.84. The topological polar surface area (TPSA) is 84.2 Å². The summed E-state index contributed by atoms with van der Waals surface area (Å²) in [5.41, 5.74) is 2.93. The number of thiazole rings is 1. The van der Waals surface area contributed by atoms with Gasteiger partial charge >= 0.3 is 0 Å². The van der Waals surface area contributed by atoms with Gasteiger partial charge in [0.25, 0.3) is 0 Å². The number of nitriles is 1. The number of hydrogen-bond donors (Lipinski definition) is 1. The number of nitrogens with one attached hydrogen (secondary N) is 1. The molecular formula is C23H23N3O3S. The monoisotopic (exact) mass is 421 g/mol. The molecule has 1 amide bonds. The summed E-state index contributed by atoms with van der Waals surface area (Å²) in [5.74, 6) is 1.18. The van der Waals surface area contributed by atoms with Gasteiger partial charge < -0.3 is 14.8 Å². The first-order valence-electron chi connectivity index (χ1n) is 9.63. The van der Waals surface area contributed by atoms with Crippen molar-refractivity contribution in [3.05, 3.63) is 69.7 Å². The van der Waals surface area contributed by atoms with Crippen molar-refractivity contribution in [2.45, 2.75) is 33.3 Å². The van der Waals surface area contributed by atoms with Crippen LogP contribution >= 0.6 is 11.3 Å². The first-order chi connectivity index (χ1) is 14.5. The quantitative estimate of drug-likeness (QED) is 0.527. The van der Waals surface area contributed by atoms with Crippen molar-refractivity contribution in [2.75, 3.05) is 11.9 Å². The van der Waals surface area contributed by atoms with Gasteiger partial charge in [-0.2, -0.15) is 5.26 Å². The number of benzene rings is 2. The molecule has 1 N–H and O–H groups in total. The van der Waals surface area contributed by atoms with Crippen LogP contribution < -0.4 is 10.1 Å². The van der Waals surface area contributed by atoms with E-state index in [1.54, 1.807) is 30.3 Å². The highest BCUT2D eigenvalue weighted by molar-refractivity contribution is 7.09. The third kappa shape index (κ3) is 5.66. The molecule has 0 unspecified atom stereocenters. The maximum Gasteiger partial charge on any atom is 0.230 e. The van der Waals surface area contributed by atoms with Gasteiger partial charge in [0.1, 0.15) is 22.6 Å². The predicted molar refractivity (Wildman–Crippen MR) is 117 cm³/mol. The number of carbonyl (C=O) groups is 1. The highest BCUT2D eigenvalue weighted by Gasteiger charge is 2.13. The fourth-order valence-corrected chi connectivity index (χ4v) is 3.67. The Morgan fingerprint density at radius 2 is 1.97 bits per heavy atom. The van der Waals surface area contributed by atoms with Crippen LogP contribution in [0.5, 0.6) is 11.5 Å². The first-order valence-corrected chi connectivity index (χ1v) is 10.5. The lowest BCUT2D eigenvalue weighted by Crippen LogP contribution is -2.15. The number of anilines is 1. The molecule has 1 aromatic heterocycles. The maximum atomic E-state index is 12.4. The molecule has 0 aliphatic carbocycles. The zero-order valence-corrected chi connectivity index (χ0v) is 18.0. The van der Waals surface area contributed by atoms with Crippen LogP contribution in [-0.4, -0.2) is 17.5 Å². The highest BCUT2D eigenvalue weighted by Crippen LogP contribution is 2.27. The van der Waals surface area contributed by atoms with Crippen molar-refractivity contribution >= 4 is 22.9 Å². The van der Waals surface area contributed by atoms with E-state index in [0.717, 1.165) is 22.0 Å². The Labute approximate surface area is 180 Å². The van der Waals surface area contributed by atoms with E-state index in [1.807, 2.05) is 38.3 Å². The zero-order chi connectivity index (χ0) is 21.5. The van der Waals surface area contributed by atoms with E-state index >= 15 is 0 Å². The first kappa shape index (κ1) is 21.5. The van der Waals surface area contributed by atoms with Gasteiger partial charge in [-0.25, -0.2) is 4.98 Å². The summed E-state index contributed by atoms with van der Waals surface area (Å²) >= 11 is 1.50. The number of rotatable bonds is 8. The molecule has 0 aliphatic rings. The molecule has 3 rings (SSSR count). The molecule has 1 atom stereocenters. The summed E-state index contributed by atoms with van der Waals surface area (Å²) in [6.45, 7) is 6.44. The average molecular weight is 422 g/mol. The third-order valence-corrected chi connectivity index (χ3v) is 5.42. The van der Waals surface area contributed by atoms with Crippen LogP contribution in [0.2, 0.25) is 0 Å². The molecule has 0 saturated carbocycles. The molecule has 1 heterocycles. The lowest BCUT2D eigenvalue weighted by molar-refractivity contribution is -0.115. The second-order valence-corrected chi connectivity index (χ2v) is 7.60. The lowest BCUT2D eigenvalue weighted by atomic mass is 10.2. The van der Waals surface area contributed by atoms with Crippen molar-refractivity contribution in [1.82, 2.24) is 4.98 Å². The van der Waals surface area contributed by atoms with Gasteiger partial charge in [-0.05, 0) is 68.8 Å². The molecule has 3 aromatic rings. The van der Waals surface area contributed by atoms with Gasteiger partial charge in [-0.15, -0.1) is 11.3 Å². The van der Waals surface area contributed by atoms with E-state index in [0.29, 0.717) is 23.7 Å². The number of aryl methyl sites for hydroxylation is 1. The predicted octanol–water partition coefficient (Wildman–Crippen LogP) is 5.39. The van der Waals surface area contributed by atoms with Crippen molar-refractivity contribution in [1.29, 1.82) is 5.26 Å². The number of hydrogen-bond acceptors (Lipinski definition) is 6. The van der Waals surface area contributed by atoms with Crippen molar-refractivity contribution in [3.63, 3.8) is 0 Å². The van der Waals surface area contributed by atoms with Crippen LogP contribution in [0.25, 0.3) is 0 Å². The van der Waals surface area contributed by atoms with Crippen LogP contribution in [-0.2, 0) is 16.0 Å². The minimum absolute atomic E-state index is 0.0669. The number of amides is 1. The van der Waals surface area contributed by atoms with Gasteiger partial charge in [0, 0.05) is 17.7 Å². The van der Waals surface area contributed by atoms with Crippen LogP contribution in [0.15, 0.2) is 47.8 Å². The Hall–Kier alpha value is -3.21. The Bertz CT molecular complexity index is 1050. The lowest BCUT2D eigenvalue weighted by Gasteiger charge is -2.11. The molecule has 2 aromatic carbocycles. The van der Waals surface area contributed by atoms with Gasteiger partial charge in [-0.1, -0.05) is 0 Å². The van der Waals surface area contributed by atoms with Crippen LogP contribution in [0, 0.1) is 18.3 Å². The molecule has 0 aliphatic heterocycles. The molecule has 0 spiro atoms. The molecule has 0 fully saturated rings. The molecule has 154 valence electrons. The van der Waals surface area contributed by atoms with Gasteiger partial charge in [0.2, 0.25) is 5.91 Å². The van der Waals surface area contributed by atoms with Gasteiger partial charge in [0.15, 0.2) is 0 Å². The van der Waals surface area contributed by atoms with Gasteiger partial charge in [0.05, 0.1) is 23.7 Å². The molecule has 7 heteroatoms. The summed E-state index contributed by atoms with van der Waals surface area (Å²) in [6, 6.07) is 14.5. The highest BCUT2D eigenvalue weighted by atomic mass is 32.1. The number of ether oxygens (including phenoxy) is 2. The second kappa shape index (κ2) is 10.0. The molecular weight excluding hydrogens is 398 g/mol. The summed E-state index contributed by atoms with van der Waals surface area (Å²) in [5, 5.41) is 14.6. The Morgan fingerprint density at radius 1 is 1.23 bits per heavy atom. The largest absolute Gasteiger partial charge is 0.457 e. The van der Waals surface area contributed by atoms with E-state index in [4.69, 9.17) is 14.7 Å². The van der Waals surface area contributed by atoms with Crippen molar-refractivity contribution < 1.29 is 14.3 Å². The Balaban J connectivity index is 1.60. The molecule has 6 nitrogen and oxygen atoms in total. The summed E-state index contributed by atoms with van der Waals surface area (Å²) in [6.07, 6.45) is 0.140. The third-order valence-electron chi connectivity index (χ3n) is 4.37. The Morgan fingerprint density at radius 3 is 2.63 bits per heavy atom. The Kier molecular flexibility index (Phi) is 7.17. The van der Waals surface area contributed by atoms with Crippen molar-refractivity contribution in [3.8, 4) is 17.6 Å². The van der Waals surface area contributed by atoms with Crippen LogP contribution in [0.1, 0.15) is 41.8 Å². The zero-order valence-electron chi connectivity index (χ0n) is 17.1. The van der Waals surface area contributed by atoms with Crippen LogP contribution in [0.4, 0.5) is 5.69 Å². The summed E-state index contributed by atoms with van der Waals surface area (Å²) in [4.78, 5) is 16.9. The second-order valence-electron chi connectivity index (χ2n) is 6.71. The SMILES string of the molecule is CCO[C@H](C)c1nc(CC(=O)Nc2ccc(Oc3ccc(C#N)cc3)cc2C)cs1. The molecule has 0 bridgehead atoms. The van der Waals surface area contributed by atoms with Gasteiger partial charge in [-0.3, -0.25) is 4.79 Å². The summed E-state index contributed by atoms with van der Waals surface area (Å²) < 4.78 is 11.4. The molecule has 0 saturated heterocycles.